The zero-order chi connectivity index (χ0) is 14.4. The monoisotopic (exact) mass is 273 g/mol. The van der Waals surface area contributed by atoms with Crippen LogP contribution in [0.2, 0.25) is 0 Å². The fraction of sp³-hybridized carbons (Fsp3) is 0.273. The van der Waals surface area contributed by atoms with Crippen molar-refractivity contribution in [3.05, 3.63) is 44.6 Å². The van der Waals surface area contributed by atoms with Gasteiger partial charge in [0.2, 0.25) is 0 Å². The van der Waals surface area contributed by atoms with Crippen LogP contribution in [-0.2, 0) is 19.9 Å². The molecule has 1 heterocycles. The minimum absolute atomic E-state index is 0.132. The lowest BCUT2D eigenvalue weighted by Crippen LogP contribution is -2.41. The first kappa shape index (κ1) is 13.3. The minimum atomic E-state index is -4.55. The highest BCUT2D eigenvalue weighted by atomic mass is 19.4. The minimum Gasteiger partial charge on any atom is -0.313 e. The summed E-state index contributed by atoms with van der Waals surface area (Å²) in [4.78, 5) is 23.7. The summed E-state index contributed by atoms with van der Waals surface area (Å²) >= 11 is 0. The number of fused-ring (bicyclic) bond motifs is 1. The van der Waals surface area contributed by atoms with Crippen LogP contribution in [-0.4, -0.2) is 9.13 Å². The number of nitrogens with two attached hydrogens (primary N) is 1. The van der Waals surface area contributed by atoms with Crippen LogP contribution < -0.4 is 17.0 Å². The average Bonchev–Trinajstić information content (AvgIpc) is 2.35. The van der Waals surface area contributed by atoms with E-state index in [0.717, 1.165) is 22.8 Å². The van der Waals surface area contributed by atoms with Gasteiger partial charge >= 0.3 is 11.9 Å². The van der Waals surface area contributed by atoms with Crippen LogP contribution in [0.25, 0.3) is 10.9 Å². The van der Waals surface area contributed by atoms with Gasteiger partial charge in [-0.2, -0.15) is 13.2 Å². The van der Waals surface area contributed by atoms with Gasteiger partial charge in [-0.3, -0.25) is 9.36 Å². The molecule has 2 N–H and O–H groups in total. The maximum Gasteiger partial charge on any atom is 0.416 e. The number of halogens is 3. The molecule has 0 amide bonds. The molecule has 19 heavy (non-hydrogen) atoms. The third-order valence-corrected chi connectivity index (χ3v) is 2.86. The van der Waals surface area contributed by atoms with E-state index in [1.807, 2.05) is 0 Å². The van der Waals surface area contributed by atoms with Crippen molar-refractivity contribution in [1.29, 1.82) is 0 Å². The summed E-state index contributed by atoms with van der Waals surface area (Å²) in [6.07, 6.45) is -4.55. The topological polar surface area (TPSA) is 70.0 Å². The number of aryl methyl sites for hydroxylation is 1. The Labute approximate surface area is 104 Å². The first-order valence-corrected chi connectivity index (χ1v) is 5.28. The molecule has 1 aromatic heterocycles. The Balaban J connectivity index is 2.95. The predicted molar refractivity (Wildman–Crippen MR) is 62.6 cm³/mol. The van der Waals surface area contributed by atoms with Crippen molar-refractivity contribution in [1.82, 2.24) is 9.13 Å². The average molecular weight is 273 g/mol. The molecular weight excluding hydrogens is 263 g/mol. The van der Waals surface area contributed by atoms with Crippen molar-refractivity contribution in [3.8, 4) is 0 Å². The van der Waals surface area contributed by atoms with Gasteiger partial charge < -0.3 is 5.73 Å². The van der Waals surface area contributed by atoms with Crippen molar-refractivity contribution >= 4 is 10.9 Å². The Morgan fingerprint density at radius 3 is 2.42 bits per heavy atom. The summed E-state index contributed by atoms with van der Waals surface area (Å²) in [6.45, 7) is -0.391. The summed E-state index contributed by atoms with van der Waals surface area (Å²) < 4.78 is 39.6. The van der Waals surface area contributed by atoms with Crippen LogP contribution >= 0.6 is 0 Å². The molecule has 0 saturated carbocycles. The van der Waals surface area contributed by atoms with Crippen LogP contribution in [0.15, 0.2) is 27.8 Å². The van der Waals surface area contributed by atoms with E-state index in [2.05, 4.69) is 0 Å². The van der Waals surface area contributed by atoms with Crippen LogP contribution in [0, 0.1) is 0 Å². The molecule has 0 aliphatic heterocycles. The van der Waals surface area contributed by atoms with Crippen molar-refractivity contribution < 1.29 is 13.2 Å². The van der Waals surface area contributed by atoms with Crippen molar-refractivity contribution in [2.45, 2.75) is 12.8 Å². The van der Waals surface area contributed by atoms with Gasteiger partial charge in [0.15, 0.2) is 0 Å². The second kappa shape index (κ2) is 4.23. The molecule has 0 unspecified atom stereocenters. The summed E-state index contributed by atoms with van der Waals surface area (Å²) in [5.41, 5.74) is 2.96. The number of hydrogen-bond donors (Lipinski definition) is 1. The first-order valence-electron chi connectivity index (χ1n) is 5.28. The number of aromatic nitrogens is 2. The standard InChI is InChI=1S/C11H10F3N3O2/c1-16-8-3-2-6(11(12,13)14)4-7(8)9(18)17(5-15)10(16)19/h2-4H,5,15H2,1H3. The Bertz CT molecular complexity index is 759. The highest BCUT2D eigenvalue weighted by Gasteiger charge is 2.31. The number of alkyl halides is 3. The lowest BCUT2D eigenvalue weighted by Gasteiger charge is -2.11. The lowest BCUT2D eigenvalue weighted by atomic mass is 10.1. The van der Waals surface area contributed by atoms with Gasteiger partial charge in [0.25, 0.3) is 5.56 Å². The quantitative estimate of drug-likeness (QED) is 0.828. The zero-order valence-electron chi connectivity index (χ0n) is 9.86. The molecule has 0 fully saturated rings. The maximum atomic E-state index is 12.6. The fourth-order valence-electron chi connectivity index (χ4n) is 1.85. The first-order chi connectivity index (χ1) is 8.77. The molecule has 0 aliphatic carbocycles. The molecule has 2 aromatic rings. The molecule has 5 nitrogen and oxygen atoms in total. The molecule has 8 heteroatoms. The molecule has 0 saturated heterocycles. The van der Waals surface area contributed by atoms with Crippen molar-refractivity contribution in [3.63, 3.8) is 0 Å². The third kappa shape index (κ3) is 2.03. The van der Waals surface area contributed by atoms with E-state index >= 15 is 0 Å². The van der Waals surface area contributed by atoms with Gasteiger partial charge in [0, 0.05) is 7.05 Å². The van der Waals surface area contributed by atoms with E-state index in [0.29, 0.717) is 4.57 Å². The summed E-state index contributed by atoms with van der Waals surface area (Å²) in [5, 5.41) is -0.192. The summed E-state index contributed by atoms with van der Waals surface area (Å²) in [5.74, 6) is 0. The van der Waals surface area contributed by atoms with E-state index in [1.165, 1.54) is 7.05 Å². The van der Waals surface area contributed by atoms with E-state index in [9.17, 15) is 22.8 Å². The number of hydrogen-bond acceptors (Lipinski definition) is 3. The van der Waals surface area contributed by atoms with Gasteiger partial charge in [0.1, 0.15) is 0 Å². The van der Waals surface area contributed by atoms with E-state index in [1.54, 1.807) is 0 Å². The van der Waals surface area contributed by atoms with Crippen LogP contribution in [0.5, 0.6) is 0 Å². The molecular formula is C11H10F3N3O2. The van der Waals surface area contributed by atoms with Crippen molar-refractivity contribution in [2.75, 3.05) is 0 Å². The van der Waals surface area contributed by atoms with E-state index in [4.69, 9.17) is 5.73 Å². The maximum absolute atomic E-state index is 12.6. The predicted octanol–water partition coefficient (Wildman–Crippen LogP) is 0.635. The van der Waals surface area contributed by atoms with E-state index < -0.39 is 29.7 Å². The summed E-state index contributed by atoms with van der Waals surface area (Å²) in [7, 11) is 1.36. The highest BCUT2D eigenvalue weighted by molar-refractivity contribution is 5.78. The second-order valence-corrected chi connectivity index (χ2v) is 3.99. The van der Waals surface area contributed by atoms with Crippen LogP contribution in [0.3, 0.4) is 0 Å². The van der Waals surface area contributed by atoms with Crippen LogP contribution in [0.4, 0.5) is 13.2 Å². The second-order valence-electron chi connectivity index (χ2n) is 3.99. The van der Waals surface area contributed by atoms with Gasteiger partial charge in [-0.15, -0.1) is 0 Å². The number of benzene rings is 1. The molecule has 0 spiro atoms. The third-order valence-electron chi connectivity index (χ3n) is 2.86. The molecule has 102 valence electrons. The molecule has 0 aliphatic rings. The molecule has 0 bridgehead atoms. The Morgan fingerprint density at radius 1 is 1.26 bits per heavy atom. The van der Waals surface area contributed by atoms with Gasteiger partial charge in [-0.05, 0) is 18.2 Å². The van der Waals surface area contributed by atoms with Gasteiger partial charge in [-0.1, -0.05) is 0 Å². The lowest BCUT2D eigenvalue weighted by molar-refractivity contribution is -0.137. The largest absolute Gasteiger partial charge is 0.416 e. The number of rotatable bonds is 1. The Kier molecular flexibility index (Phi) is 2.97. The van der Waals surface area contributed by atoms with Crippen molar-refractivity contribution in [2.24, 2.45) is 12.8 Å². The smallest absolute Gasteiger partial charge is 0.313 e. The molecule has 1 aromatic carbocycles. The molecule has 0 radical (unpaired) electrons. The number of nitrogens with zero attached hydrogens (tertiary/aromatic N) is 2. The Hall–Kier alpha value is -2.09. The van der Waals surface area contributed by atoms with Gasteiger partial charge in [0.05, 0.1) is 23.1 Å². The fourth-order valence-corrected chi connectivity index (χ4v) is 1.85. The Morgan fingerprint density at radius 2 is 1.89 bits per heavy atom. The molecule has 0 atom stereocenters. The highest BCUT2D eigenvalue weighted by Crippen LogP contribution is 2.30. The summed E-state index contributed by atoms with van der Waals surface area (Å²) in [6, 6.07) is 2.65. The van der Waals surface area contributed by atoms with E-state index in [-0.39, 0.29) is 10.9 Å². The normalized spacial score (nSPS) is 12.1. The SMILES string of the molecule is Cn1c(=O)n(CN)c(=O)c2cc(C(F)(F)F)ccc21. The zero-order valence-corrected chi connectivity index (χ0v) is 9.86. The van der Waals surface area contributed by atoms with Crippen LogP contribution in [0.1, 0.15) is 5.56 Å². The molecule has 2 rings (SSSR count). The van der Waals surface area contributed by atoms with Gasteiger partial charge in [-0.25, -0.2) is 9.36 Å².